The molecule has 15 nitrogen and oxygen atoms in total. The molecule has 4 aromatic carbocycles. The monoisotopic (exact) mass is 1230 g/mol. The normalized spacial score (nSPS) is 25.2. The summed E-state index contributed by atoms with van der Waals surface area (Å²) in [5.41, 5.74) is 6.46. The van der Waals surface area contributed by atoms with Gasteiger partial charge in [-0.1, -0.05) is 86.3 Å². The highest BCUT2D eigenvalue weighted by molar-refractivity contribution is 7.90. The number of halogens is 2. The number of rotatable bonds is 20. The number of sulfonamides is 1. The summed E-state index contributed by atoms with van der Waals surface area (Å²) < 4.78 is 59.4. The first-order chi connectivity index (χ1) is 40.0. The number of aliphatic hydroxyl groups excluding tert-OH is 2. The zero-order valence-corrected chi connectivity index (χ0v) is 51.7. The van der Waals surface area contributed by atoms with Crippen molar-refractivity contribution in [3.8, 4) is 11.5 Å². The zero-order chi connectivity index (χ0) is 60.1. The second-order valence-corrected chi connectivity index (χ2v) is 29.7. The third kappa shape index (κ3) is 15.2. The molecule has 19 heteroatoms. The number of allylic oxidation sites excluding steroid dienone is 2. The van der Waals surface area contributed by atoms with Crippen molar-refractivity contribution in [2.75, 3.05) is 67.0 Å². The molecule has 4 aromatic rings. The smallest absolute Gasteiger partial charge is 0.335 e. The second kappa shape index (κ2) is 26.9. The molecule has 0 bridgehead atoms. The Morgan fingerprint density at radius 2 is 1.08 bits per heavy atom. The van der Waals surface area contributed by atoms with Crippen LogP contribution < -0.4 is 24.4 Å². The molecule has 2 saturated carbocycles. The average molecular weight is 1230 g/mol. The molecule has 6 aliphatic rings. The summed E-state index contributed by atoms with van der Waals surface area (Å²) in [7, 11) is -6.59. The molecule has 6 N–H and O–H groups in total. The van der Waals surface area contributed by atoms with Crippen LogP contribution in [0.2, 0.25) is 10.0 Å². The maximum Gasteiger partial charge on any atom is 0.335 e. The van der Waals surface area contributed by atoms with Crippen LogP contribution in [-0.4, -0.2) is 119 Å². The molecule has 456 valence electrons. The van der Waals surface area contributed by atoms with Gasteiger partial charge in [0.25, 0.3) is 0 Å². The number of anilines is 2. The van der Waals surface area contributed by atoms with Crippen molar-refractivity contribution in [2.24, 2.45) is 40.6 Å². The summed E-state index contributed by atoms with van der Waals surface area (Å²) in [6.45, 7) is 7.65. The Balaban J connectivity index is 0.000000202. The lowest BCUT2D eigenvalue weighted by Gasteiger charge is -2.45. The van der Waals surface area contributed by atoms with Crippen LogP contribution in [0.4, 0.5) is 11.4 Å². The lowest BCUT2D eigenvalue weighted by molar-refractivity contribution is 0.0454. The molecule has 4 aliphatic carbocycles. The topological polar surface area (TPSA) is 234 Å². The zero-order valence-electron chi connectivity index (χ0n) is 48.5. The van der Waals surface area contributed by atoms with E-state index in [2.05, 4.69) is 34.1 Å². The second-order valence-electron chi connectivity index (χ2n) is 25.0. The van der Waals surface area contributed by atoms with Gasteiger partial charge in [0.15, 0.2) is 0 Å². The lowest BCUT2D eigenvalue weighted by atomic mass is 9.68. The summed E-state index contributed by atoms with van der Waals surface area (Å²) >= 11 is 12.7. The molecule has 0 radical (unpaired) electrons. The molecular formula is C65H83Cl2N3O12S2. The number of aliphatic hydroxyl groups is 2. The maximum absolute atomic E-state index is 11.9. The molecule has 2 fully saturated rings. The van der Waals surface area contributed by atoms with Crippen molar-refractivity contribution in [3.05, 3.63) is 141 Å². The Hall–Kier alpha value is -5.14. The largest absolute Gasteiger partial charge is 0.490 e. The van der Waals surface area contributed by atoms with E-state index in [-0.39, 0.29) is 69.0 Å². The van der Waals surface area contributed by atoms with Crippen molar-refractivity contribution in [1.29, 1.82) is 0 Å². The van der Waals surface area contributed by atoms with Crippen LogP contribution >= 0.6 is 23.2 Å². The van der Waals surface area contributed by atoms with Gasteiger partial charge in [0, 0.05) is 53.3 Å². The van der Waals surface area contributed by atoms with E-state index in [1.165, 1.54) is 28.5 Å². The number of sulfone groups is 1. The number of carboxylic acids is 2. The van der Waals surface area contributed by atoms with Crippen LogP contribution in [-0.2, 0) is 43.5 Å². The molecule has 2 spiro atoms. The molecule has 0 saturated heterocycles. The van der Waals surface area contributed by atoms with E-state index in [9.17, 15) is 46.9 Å². The summed E-state index contributed by atoms with van der Waals surface area (Å²) in [5.74, 6) is 0.0343. The summed E-state index contributed by atoms with van der Waals surface area (Å²) in [5, 5.41) is 48.4. The number of nitrogens with two attached hydrogens (primary N) is 1. The van der Waals surface area contributed by atoms with E-state index < -0.39 is 44.0 Å². The number of fused-ring (bicyclic) bond motifs is 6. The first kappa shape index (κ1) is 63.4. The minimum atomic E-state index is -3.55. The number of benzene rings is 4. The van der Waals surface area contributed by atoms with Crippen LogP contribution in [0.15, 0.2) is 97.1 Å². The molecule has 84 heavy (non-hydrogen) atoms. The van der Waals surface area contributed by atoms with Gasteiger partial charge < -0.3 is 39.7 Å². The van der Waals surface area contributed by atoms with Crippen LogP contribution in [0.1, 0.15) is 134 Å². The van der Waals surface area contributed by atoms with Crippen molar-refractivity contribution >= 4 is 66.4 Å². The van der Waals surface area contributed by atoms with Gasteiger partial charge in [-0.05, 0) is 195 Å². The number of nitrogens with zero attached hydrogens (tertiary/aromatic N) is 2. The minimum absolute atomic E-state index is 0.0436. The number of hydrogen-bond donors (Lipinski definition) is 5. The third-order valence-electron chi connectivity index (χ3n) is 19.1. The number of aryl methyl sites for hydroxylation is 2. The van der Waals surface area contributed by atoms with E-state index in [0.717, 1.165) is 92.0 Å². The first-order valence-corrected chi connectivity index (χ1v) is 34.4. The van der Waals surface area contributed by atoms with Gasteiger partial charge in [-0.2, -0.15) is 0 Å². The standard InChI is InChI=1S/C33H42ClNO6S.C32H41ClN2O6S/c1-3-22(19-42(2,39)40)6-4-8-30(36)27-12-9-25(27)18-35-20-33(15-5-7-23-16-26(34)11-13-28(23)33)21-41-31-14-10-24(32(37)38)17-29(31)35;1-2-21(18-42(34,39)40)5-3-7-29(36)26-11-8-24(26)17-35-19-32(14-4-6-22-15-25(33)10-12-27(22)32)20-41-30-13-9-23(31(37)38)16-28(30)35/h4,8,10-11,13-14,16-17,22,25,27,30,36H,3,5-7,9,12,15,18-21H2,1-2H3,(H,37,38);3,7,9-10,12-13,15-16,21,24,26,29,36H,2,4-6,8,11,14,17-20H2,1H3,(H,37,38)(H2,34,39,40)/b8-4+;7-3+/t22-,25-,27+,30-,33-;21-,24+,26-,29+,32+/m01/s1. The molecular weight excluding hydrogens is 1150 g/mol. The molecule has 0 unspecified atom stereocenters. The number of primary sulfonamides is 1. The average Bonchev–Trinajstić information content (AvgIpc) is 2.34. The fraction of sp³-hybridized carbons (Fsp3) is 0.538. The van der Waals surface area contributed by atoms with E-state index >= 15 is 0 Å². The molecule has 10 atom stereocenters. The summed E-state index contributed by atoms with van der Waals surface area (Å²) in [4.78, 5) is 28.4. The van der Waals surface area contributed by atoms with Crippen molar-refractivity contribution in [2.45, 2.75) is 127 Å². The Morgan fingerprint density at radius 3 is 1.45 bits per heavy atom. The predicted molar refractivity (Wildman–Crippen MR) is 332 cm³/mol. The number of aromatic carboxylic acids is 2. The number of hydrogen-bond acceptors (Lipinski definition) is 12. The molecule has 10 rings (SSSR count). The number of ether oxygens (including phenoxy) is 2. The van der Waals surface area contributed by atoms with E-state index in [1.54, 1.807) is 42.5 Å². The van der Waals surface area contributed by atoms with Gasteiger partial charge in [-0.15, -0.1) is 0 Å². The van der Waals surface area contributed by atoms with Crippen molar-refractivity contribution < 1.29 is 56.3 Å². The first-order valence-electron chi connectivity index (χ1n) is 29.9. The van der Waals surface area contributed by atoms with Crippen LogP contribution in [0.5, 0.6) is 11.5 Å². The molecule has 0 amide bonds. The SMILES string of the molecule is CC[C@@H](C/C=C/[C@H](O)[C@@H]1CC[C@H]1CN1C[C@@]2(CCCc3cc(Cl)ccc32)COc2ccc(C(=O)O)cc21)CS(C)(=O)=O.CC[C@H](C/C=C/[C@H](O)[C@@H]1CC[C@H]1CN1C[C@@]2(CCCc3cc(Cl)ccc32)COc2ccc(C(=O)O)cc21)CS(N)(=O)=O. The summed E-state index contributed by atoms with van der Waals surface area (Å²) in [6.07, 6.45) is 19.7. The maximum atomic E-state index is 11.9. The van der Waals surface area contributed by atoms with Gasteiger partial charge in [0.05, 0.1) is 59.4 Å². The molecule has 2 aliphatic heterocycles. The van der Waals surface area contributed by atoms with Crippen LogP contribution in [0.3, 0.4) is 0 Å². The fourth-order valence-electron chi connectivity index (χ4n) is 14.2. The van der Waals surface area contributed by atoms with Gasteiger partial charge in [-0.3, -0.25) is 0 Å². The Morgan fingerprint density at radius 1 is 0.655 bits per heavy atom. The highest BCUT2D eigenvalue weighted by atomic mass is 35.5. The van der Waals surface area contributed by atoms with Crippen LogP contribution in [0.25, 0.3) is 0 Å². The molecule has 2 heterocycles. The van der Waals surface area contributed by atoms with E-state index in [0.29, 0.717) is 70.2 Å². The quantitative estimate of drug-likeness (QED) is 0.0518. The van der Waals surface area contributed by atoms with Gasteiger partial charge in [0.1, 0.15) is 21.3 Å². The Labute approximate surface area is 506 Å². The Kier molecular flexibility index (Phi) is 20.3. The number of carbonyl (C=O) groups is 2. The van der Waals surface area contributed by atoms with E-state index in [4.69, 9.17) is 37.8 Å². The minimum Gasteiger partial charge on any atom is -0.490 e. The predicted octanol–water partition coefficient (Wildman–Crippen LogP) is 11.1. The fourth-order valence-corrected chi connectivity index (χ4v) is 16.8. The van der Waals surface area contributed by atoms with Gasteiger partial charge in [-0.25, -0.2) is 31.6 Å². The summed E-state index contributed by atoms with van der Waals surface area (Å²) in [6, 6.07) is 22.4. The highest BCUT2D eigenvalue weighted by Crippen LogP contribution is 2.49. The van der Waals surface area contributed by atoms with Gasteiger partial charge in [0.2, 0.25) is 10.0 Å². The van der Waals surface area contributed by atoms with Gasteiger partial charge >= 0.3 is 11.9 Å². The Bertz CT molecular complexity index is 3110. The van der Waals surface area contributed by atoms with Crippen LogP contribution in [0, 0.1) is 35.5 Å². The third-order valence-corrected chi connectivity index (χ3v) is 21.6. The number of carboxylic acid groups (broad SMARTS) is 2. The van der Waals surface area contributed by atoms with E-state index in [1.807, 2.05) is 44.2 Å². The molecule has 0 aromatic heterocycles. The lowest BCUT2D eigenvalue weighted by Crippen LogP contribution is -2.49. The van der Waals surface area contributed by atoms with Crippen molar-refractivity contribution in [1.82, 2.24) is 0 Å². The van der Waals surface area contributed by atoms with Crippen molar-refractivity contribution in [3.63, 3.8) is 0 Å². The highest BCUT2D eigenvalue weighted by Gasteiger charge is 2.46.